The van der Waals surface area contributed by atoms with E-state index in [0.717, 1.165) is 0 Å². The van der Waals surface area contributed by atoms with E-state index in [1.165, 1.54) is 6.33 Å². The van der Waals surface area contributed by atoms with Gasteiger partial charge in [-0.05, 0) is 31.7 Å². The maximum atomic E-state index is 14.2. The number of hydrogen-bond acceptors (Lipinski definition) is 6. The first kappa shape index (κ1) is 17.0. The van der Waals surface area contributed by atoms with Crippen LogP contribution in [0.4, 0.5) is 14.6 Å². The number of nitrogens with zero attached hydrogens (tertiary/aromatic N) is 2. The van der Waals surface area contributed by atoms with Gasteiger partial charge in [-0.3, -0.25) is 4.79 Å². The summed E-state index contributed by atoms with van der Waals surface area (Å²) in [6, 6.07) is 0.694. The third-order valence-electron chi connectivity index (χ3n) is 4.64. The van der Waals surface area contributed by atoms with E-state index in [9.17, 15) is 18.7 Å². The maximum absolute atomic E-state index is 14.2. The van der Waals surface area contributed by atoms with Gasteiger partial charge in [0.2, 0.25) is 0 Å². The molecule has 0 bridgehead atoms. The number of anilines is 1. The Morgan fingerprint density at radius 3 is 2.83 bits per heavy atom. The molecule has 3 N–H and O–H groups in total. The third-order valence-corrected chi connectivity index (χ3v) is 4.64. The zero-order valence-corrected chi connectivity index (χ0v) is 13.0. The van der Waals surface area contributed by atoms with Gasteiger partial charge in [-0.15, -0.1) is 0 Å². The molecule has 9 heteroatoms. The highest BCUT2D eigenvalue weighted by molar-refractivity contribution is 5.85. The number of halogens is 2. The van der Waals surface area contributed by atoms with Crippen molar-refractivity contribution in [2.45, 2.75) is 49.3 Å². The lowest BCUT2D eigenvalue weighted by atomic mass is 9.75. The van der Waals surface area contributed by atoms with Crippen LogP contribution in [0.5, 0.6) is 0 Å². The van der Waals surface area contributed by atoms with Crippen LogP contribution in [0, 0.1) is 0 Å². The van der Waals surface area contributed by atoms with Gasteiger partial charge >= 0.3 is 5.92 Å². The Hall–Kier alpha value is -1.87. The van der Waals surface area contributed by atoms with Crippen molar-refractivity contribution in [2.75, 3.05) is 18.5 Å². The van der Waals surface area contributed by atoms with Crippen molar-refractivity contribution in [2.24, 2.45) is 0 Å². The Labute approximate surface area is 137 Å². The number of aromatic nitrogens is 2. The van der Waals surface area contributed by atoms with E-state index in [1.54, 1.807) is 12.3 Å². The minimum atomic E-state index is -3.80. The molecular formula is C15H20F2N4O3. The van der Waals surface area contributed by atoms with Crippen molar-refractivity contribution in [1.29, 1.82) is 0 Å². The van der Waals surface area contributed by atoms with Crippen LogP contribution in [0.25, 0.3) is 0 Å². The minimum absolute atomic E-state index is 0.0657. The summed E-state index contributed by atoms with van der Waals surface area (Å²) >= 11 is 0. The van der Waals surface area contributed by atoms with Crippen molar-refractivity contribution in [3.05, 3.63) is 18.6 Å². The van der Waals surface area contributed by atoms with E-state index in [0.29, 0.717) is 25.3 Å². The third kappa shape index (κ3) is 3.18. The molecule has 1 saturated heterocycles. The standard InChI is InChI=1S/C15H20F2N4O3/c16-15(17,14(23)4-1-5-14)13(22)21-10-3-7-24-8-11(10)20-12-2-6-18-9-19-12/h2,6,9-11,23H,1,3-5,7-8H2,(H,21,22)(H,18,19,20)/t10-,11+/m0/s1. The van der Waals surface area contributed by atoms with Gasteiger partial charge in [-0.25, -0.2) is 9.97 Å². The van der Waals surface area contributed by atoms with Crippen LogP contribution in [-0.4, -0.2) is 57.8 Å². The predicted octanol–water partition coefficient (Wildman–Crippen LogP) is 0.712. The van der Waals surface area contributed by atoms with Gasteiger partial charge in [0.05, 0.1) is 18.7 Å². The first-order valence-electron chi connectivity index (χ1n) is 7.94. The molecule has 1 aliphatic carbocycles. The molecule has 1 amide bonds. The van der Waals surface area contributed by atoms with Crippen LogP contribution < -0.4 is 10.6 Å². The molecule has 1 aromatic heterocycles. The average molecular weight is 342 g/mol. The van der Waals surface area contributed by atoms with Gasteiger partial charge in [-0.2, -0.15) is 8.78 Å². The second-order valence-corrected chi connectivity index (χ2v) is 6.25. The number of alkyl halides is 2. The van der Waals surface area contributed by atoms with E-state index < -0.39 is 29.5 Å². The van der Waals surface area contributed by atoms with E-state index in [4.69, 9.17) is 4.74 Å². The fourth-order valence-corrected chi connectivity index (χ4v) is 2.91. The molecule has 132 valence electrons. The van der Waals surface area contributed by atoms with Gasteiger partial charge in [0.15, 0.2) is 0 Å². The molecule has 1 aromatic rings. The number of carbonyl (C=O) groups is 1. The lowest BCUT2D eigenvalue weighted by Crippen LogP contribution is -2.64. The summed E-state index contributed by atoms with van der Waals surface area (Å²) in [5.41, 5.74) is -2.22. The highest BCUT2D eigenvalue weighted by atomic mass is 19.3. The van der Waals surface area contributed by atoms with Gasteiger partial charge < -0.3 is 20.5 Å². The van der Waals surface area contributed by atoms with Crippen molar-refractivity contribution in [3.8, 4) is 0 Å². The highest BCUT2D eigenvalue weighted by Gasteiger charge is 2.61. The highest BCUT2D eigenvalue weighted by Crippen LogP contribution is 2.44. The summed E-state index contributed by atoms with van der Waals surface area (Å²) in [6.45, 7) is 0.619. The first-order valence-corrected chi connectivity index (χ1v) is 7.94. The summed E-state index contributed by atoms with van der Waals surface area (Å²) in [5.74, 6) is -4.72. The smallest absolute Gasteiger partial charge is 0.352 e. The Bertz CT molecular complexity index is 583. The molecule has 1 aliphatic heterocycles. The normalized spacial score (nSPS) is 26.3. The molecule has 0 radical (unpaired) electrons. The molecule has 0 spiro atoms. The zero-order valence-electron chi connectivity index (χ0n) is 13.0. The monoisotopic (exact) mass is 342 g/mol. The molecule has 1 saturated carbocycles. The van der Waals surface area contributed by atoms with Crippen LogP contribution >= 0.6 is 0 Å². The lowest BCUT2D eigenvalue weighted by Gasteiger charge is -2.42. The molecular weight excluding hydrogens is 322 g/mol. The number of amides is 1. The van der Waals surface area contributed by atoms with Gasteiger partial charge in [0.1, 0.15) is 17.7 Å². The van der Waals surface area contributed by atoms with Crippen LogP contribution in [0.2, 0.25) is 0 Å². The number of ether oxygens (including phenoxy) is 1. The average Bonchev–Trinajstić information content (AvgIpc) is 2.55. The number of nitrogens with one attached hydrogen (secondary N) is 2. The second-order valence-electron chi connectivity index (χ2n) is 6.25. The summed E-state index contributed by atoms with van der Waals surface area (Å²) in [6.07, 6.45) is 3.66. The fraction of sp³-hybridized carbons (Fsp3) is 0.667. The molecule has 24 heavy (non-hydrogen) atoms. The van der Waals surface area contributed by atoms with Crippen molar-refractivity contribution < 1.29 is 23.4 Å². The molecule has 3 rings (SSSR count). The Balaban J connectivity index is 1.66. The summed E-state index contributed by atoms with van der Waals surface area (Å²) < 4.78 is 33.8. The topological polar surface area (TPSA) is 96.4 Å². The Morgan fingerprint density at radius 1 is 1.42 bits per heavy atom. The van der Waals surface area contributed by atoms with E-state index in [2.05, 4.69) is 20.6 Å². The van der Waals surface area contributed by atoms with Crippen molar-refractivity contribution in [1.82, 2.24) is 15.3 Å². The summed E-state index contributed by atoms with van der Waals surface area (Å²) in [4.78, 5) is 19.9. The first-order chi connectivity index (χ1) is 11.4. The molecule has 0 aromatic carbocycles. The molecule has 2 aliphatic rings. The number of aliphatic hydroxyl groups is 1. The van der Waals surface area contributed by atoms with Gasteiger partial charge in [0, 0.05) is 12.8 Å². The largest absolute Gasteiger partial charge is 0.383 e. The minimum Gasteiger partial charge on any atom is -0.383 e. The summed E-state index contributed by atoms with van der Waals surface area (Å²) in [5, 5.41) is 15.3. The van der Waals surface area contributed by atoms with Crippen LogP contribution in [0.1, 0.15) is 25.7 Å². The van der Waals surface area contributed by atoms with Crippen LogP contribution in [0.15, 0.2) is 18.6 Å². The van der Waals surface area contributed by atoms with E-state index in [1.807, 2.05) is 0 Å². The number of rotatable bonds is 5. The summed E-state index contributed by atoms with van der Waals surface area (Å²) in [7, 11) is 0. The van der Waals surface area contributed by atoms with Crippen LogP contribution in [-0.2, 0) is 9.53 Å². The molecule has 2 fully saturated rings. The number of hydrogen-bond donors (Lipinski definition) is 3. The number of carbonyl (C=O) groups excluding carboxylic acids is 1. The molecule has 2 heterocycles. The van der Waals surface area contributed by atoms with Gasteiger partial charge in [-0.1, -0.05) is 0 Å². The van der Waals surface area contributed by atoms with E-state index >= 15 is 0 Å². The van der Waals surface area contributed by atoms with E-state index in [-0.39, 0.29) is 19.4 Å². The Morgan fingerprint density at radius 2 is 2.21 bits per heavy atom. The maximum Gasteiger partial charge on any atom is 0.352 e. The van der Waals surface area contributed by atoms with Crippen molar-refractivity contribution >= 4 is 11.7 Å². The zero-order chi connectivity index (χ0) is 17.2. The lowest BCUT2D eigenvalue weighted by molar-refractivity contribution is -0.216. The molecule has 7 nitrogen and oxygen atoms in total. The molecule has 0 unspecified atom stereocenters. The van der Waals surface area contributed by atoms with Gasteiger partial charge in [0.25, 0.3) is 5.91 Å². The molecule has 2 atom stereocenters. The van der Waals surface area contributed by atoms with Crippen LogP contribution in [0.3, 0.4) is 0 Å². The fourth-order valence-electron chi connectivity index (χ4n) is 2.91. The Kier molecular flexibility index (Phi) is 4.64. The predicted molar refractivity (Wildman–Crippen MR) is 80.6 cm³/mol. The second kappa shape index (κ2) is 6.56. The SMILES string of the molecule is O=C(N[C@H]1CCOC[C@H]1Nc1ccncn1)C(F)(F)C1(O)CCC1. The van der Waals surface area contributed by atoms with Crippen molar-refractivity contribution in [3.63, 3.8) is 0 Å². The quantitative estimate of drug-likeness (QED) is 0.729.